The molecule has 4 heteroatoms. The number of aromatic nitrogens is 2. The molecule has 2 N–H and O–H groups in total. The fourth-order valence-electron chi connectivity index (χ4n) is 1.87. The molecule has 0 amide bonds. The van der Waals surface area contributed by atoms with Crippen LogP contribution in [0.15, 0.2) is 36.7 Å². The van der Waals surface area contributed by atoms with Crippen LogP contribution in [0, 0.1) is 0 Å². The summed E-state index contributed by atoms with van der Waals surface area (Å²) in [6.07, 6.45) is 5.06. The zero-order chi connectivity index (χ0) is 12.8. The van der Waals surface area contributed by atoms with Crippen LogP contribution >= 0.6 is 0 Å². The van der Waals surface area contributed by atoms with Gasteiger partial charge in [0.1, 0.15) is 5.75 Å². The van der Waals surface area contributed by atoms with Crippen LogP contribution in [0.3, 0.4) is 0 Å². The van der Waals surface area contributed by atoms with E-state index in [0.717, 1.165) is 31.6 Å². The highest BCUT2D eigenvalue weighted by atomic mass is 16.3. The van der Waals surface area contributed by atoms with Crippen LogP contribution in [0.4, 0.5) is 0 Å². The van der Waals surface area contributed by atoms with Crippen LogP contribution in [0.25, 0.3) is 0 Å². The van der Waals surface area contributed by atoms with E-state index in [9.17, 15) is 5.11 Å². The molecule has 1 heterocycles. The smallest absolute Gasteiger partial charge is 0.115 e. The third-order valence-electron chi connectivity index (χ3n) is 2.71. The van der Waals surface area contributed by atoms with Gasteiger partial charge in [0, 0.05) is 31.4 Å². The SMILES string of the molecule is CCCn1cc(CNCc2cccc(O)c2)cn1. The lowest BCUT2D eigenvalue weighted by atomic mass is 10.2. The van der Waals surface area contributed by atoms with Crippen molar-refractivity contribution in [2.45, 2.75) is 33.0 Å². The van der Waals surface area contributed by atoms with Crippen molar-refractivity contribution in [1.82, 2.24) is 15.1 Å². The highest BCUT2D eigenvalue weighted by Gasteiger charge is 1.98. The Morgan fingerprint density at radius 2 is 2.11 bits per heavy atom. The molecule has 0 aliphatic carbocycles. The summed E-state index contributed by atoms with van der Waals surface area (Å²) in [5.41, 5.74) is 2.26. The van der Waals surface area contributed by atoms with E-state index in [4.69, 9.17) is 0 Å². The highest BCUT2D eigenvalue weighted by molar-refractivity contribution is 5.26. The normalized spacial score (nSPS) is 10.7. The number of hydrogen-bond donors (Lipinski definition) is 2. The Balaban J connectivity index is 1.81. The van der Waals surface area contributed by atoms with Crippen LogP contribution in [0.2, 0.25) is 0 Å². The zero-order valence-electron chi connectivity index (χ0n) is 10.6. The zero-order valence-corrected chi connectivity index (χ0v) is 10.6. The Morgan fingerprint density at radius 1 is 1.28 bits per heavy atom. The van der Waals surface area contributed by atoms with E-state index in [1.165, 1.54) is 5.56 Å². The largest absolute Gasteiger partial charge is 0.508 e. The quantitative estimate of drug-likeness (QED) is 0.821. The number of aryl methyl sites for hydroxylation is 1. The lowest BCUT2D eigenvalue weighted by Gasteiger charge is -2.03. The summed E-state index contributed by atoms with van der Waals surface area (Å²) in [6, 6.07) is 7.30. The number of rotatable bonds is 6. The average molecular weight is 245 g/mol. The molecule has 0 aliphatic rings. The first-order valence-electron chi connectivity index (χ1n) is 6.28. The Labute approximate surface area is 107 Å². The monoisotopic (exact) mass is 245 g/mol. The minimum atomic E-state index is 0.310. The molecule has 0 atom stereocenters. The van der Waals surface area contributed by atoms with Gasteiger partial charge in [-0.25, -0.2) is 0 Å². The van der Waals surface area contributed by atoms with Crippen LogP contribution < -0.4 is 5.32 Å². The van der Waals surface area contributed by atoms with E-state index in [1.807, 2.05) is 23.0 Å². The van der Waals surface area contributed by atoms with Crippen LogP contribution in [0.5, 0.6) is 5.75 Å². The van der Waals surface area contributed by atoms with E-state index in [1.54, 1.807) is 12.1 Å². The fourth-order valence-corrected chi connectivity index (χ4v) is 1.87. The summed E-state index contributed by atoms with van der Waals surface area (Å²) < 4.78 is 1.96. The van der Waals surface area contributed by atoms with Gasteiger partial charge in [-0.1, -0.05) is 19.1 Å². The number of aromatic hydroxyl groups is 1. The van der Waals surface area contributed by atoms with E-state index in [-0.39, 0.29) is 0 Å². The summed E-state index contributed by atoms with van der Waals surface area (Å²) in [4.78, 5) is 0. The molecule has 0 unspecified atom stereocenters. The number of benzene rings is 1. The Kier molecular flexibility index (Phi) is 4.36. The van der Waals surface area contributed by atoms with Gasteiger partial charge in [-0.2, -0.15) is 5.10 Å². The van der Waals surface area contributed by atoms with Gasteiger partial charge < -0.3 is 10.4 Å². The third-order valence-corrected chi connectivity index (χ3v) is 2.71. The maximum absolute atomic E-state index is 9.35. The molecule has 2 aromatic rings. The van der Waals surface area contributed by atoms with Crippen molar-refractivity contribution in [1.29, 1.82) is 0 Å². The number of hydrogen-bond acceptors (Lipinski definition) is 3. The van der Waals surface area contributed by atoms with Crippen molar-refractivity contribution < 1.29 is 5.11 Å². The molecule has 1 aromatic heterocycles. The molecule has 0 saturated carbocycles. The molecular formula is C14H19N3O. The topological polar surface area (TPSA) is 50.1 Å². The molecule has 0 spiro atoms. The van der Waals surface area contributed by atoms with Gasteiger partial charge in [0.2, 0.25) is 0 Å². The minimum Gasteiger partial charge on any atom is -0.508 e. The van der Waals surface area contributed by atoms with Gasteiger partial charge in [-0.15, -0.1) is 0 Å². The predicted octanol–water partition coefficient (Wildman–Crippen LogP) is 2.29. The summed E-state index contributed by atoms with van der Waals surface area (Å²) >= 11 is 0. The molecule has 96 valence electrons. The molecule has 4 nitrogen and oxygen atoms in total. The van der Waals surface area contributed by atoms with Crippen LogP contribution in [-0.2, 0) is 19.6 Å². The van der Waals surface area contributed by atoms with E-state index < -0.39 is 0 Å². The Morgan fingerprint density at radius 3 is 2.89 bits per heavy atom. The van der Waals surface area contributed by atoms with Gasteiger partial charge >= 0.3 is 0 Å². The summed E-state index contributed by atoms with van der Waals surface area (Å²) in [5, 5.41) is 17.0. The van der Waals surface area contributed by atoms with Gasteiger partial charge in [0.05, 0.1) is 6.20 Å². The molecule has 2 rings (SSSR count). The lowest BCUT2D eigenvalue weighted by molar-refractivity contribution is 0.474. The highest BCUT2D eigenvalue weighted by Crippen LogP contribution is 2.10. The molecule has 0 saturated heterocycles. The minimum absolute atomic E-state index is 0.310. The Hall–Kier alpha value is -1.81. The molecule has 18 heavy (non-hydrogen) atoms. The molecular weight excluding hydrogens is 226 g/mol. The van der Waals surface area contributed by atoms with Gasteiger partial charge in [0.15, 0.2) is 0 Å². The maximum Gasteiger partial charge on any atom is 0.115 e. The number of phenolic OH excluding ortho intramolecular Hbond substituents is 1. The van der Waals surface area contributed by atoms with Crippen molar-refractivity contribution >= 4 is 0 Å². The summed E-state index contributed by atoms with van der Waals surface area (Å²) in [5.74, 6) is 0.310. The Bertz CT molecular complexity index is 493. The molecule has 0 radical (unpaired) electrons. The molecule has 1 aromatic carbocycles. The number of nitrogens with zero attached hydrogens (tertiary/aromatic N) is 2. The van der Waals surface area contributed by atoms with Crippen LogP contribution in [-0.4, -0.2) is 14.9 Å². The number of nitrogens with one attached hydrogen (secondary N) is 1. The van der Waals surface area contributed by atoms with Crippen molar-refractivity contribution in [3.8, 4) is 5.75 Å². The fraction of sp³-hybridized carbons (Fsp3) is 0.357. The molecule has 0 bridgehead atoms. The van der Waals surface area contributed by atoms with Gasteiger partial charge in [-0.05, 0) is 24.1 Å². The number of phenols is 1. The molecule has 0 aliphatic heterocycles. The van der Waals surface area contributed by atoms with E-state index in [2.05, 4.69) is 23.5 Å². The van der Waals surface area contributed by atoms with Crippen molar-refractivity contribution in [2.75, 3.05) is 0 Å². The van der Waals surface area contributed by atoms with Gasteiger partial charge in [0.25, 0.3) is 0 Å². The standard InChI is InChI=1S/C14H19N3O/c1-2-6-17-11-13(10-16-17)9-15-8-12-4-3-5-14(18)7-12/h3-5,7,10-11,15,18H,2,6,8-9H2,1H3. The van der Waals surface area contributed by atoms with Crippen molar-refractivity contribution in [3.05, 3.63) is 47.8 Å². The van der Waals surface area contributed by atoms with Crippen LogP contribution in [0.1, 0.15) is 24.5 Å². The summed E-state index contributed by atoms with van der Waals surface area (Å²) in [7, 11) is 0. The first-order chi connectivity index (χ1) is 8.78. The summed E-state index contributed by atoms with van der Waals surface area (Å²) in [6.45, 7) is 4.64. The average Bonchev–Trinajstić information content (AvgIpc) is 2.78. The van der Waals surface area contributed by atoms with Crippen molar-refractivity contribution in [3.63, 3.8) is 0 Å². The van der Waals surface area contributed by atoms with Gasteiger partial charge in [-0.3, -0.25) is 4.68 Å². The van der Waals surface area contributed by atoms with Crippen molar-refractivity contribution in [2.24, 2.45) is 0 Å². The second kappa shape index (κ2) is 6.21. The first kappa shape index (κ1) is 12.6. The lowest BCUT2D eigenvalue weighted by Crippen LogP contribution is -2.12. The second-order valence-corrected chi connectivity index (χ2v) is 4.39. The second-order valence-electron chi connectivity index (χ2n) is 4.39. The van der Waals surface area contributed by atoms with E-state index in [0.29, 0.717) is 5.75 Å². The molecule has 0 fully saturated rings. The third kappa shape index (κ3) is 3.60. The first-order valence-corrected chi connectivity index (χ1v) is 6.28. The van der Waals surface area contributed by atoms with E-state index >= 15 is 0 Å². The maximum atomic E-state index is 9.35. The predicted molar refractivity (Wildman–Crippen MR) is 71.2 cm³/mol.